The lowest BCUT2D eigenvalue weighted by Crippen LogP contribution is -3.13. The Morgan fingerprint density at radius 1 is 1.56 bits per heavy atom. The van der Waals surface area contributed by atoms with Gasteiger partial charge in [-0.2, -0.15) is 0 Å². The van der Waals surface area contributed by atoms with Crippen molar-refractivity contribution in [1.29, 1.82) is 0 Å². The predicted molar refractivity (Wildman–Crippen MR) is 39.9 cm³/mol. The van der Waals surface area contributed by atoms with Crippen LogP contribution in [0.15, 0.2) is 0 Å². The standard InChI is InChI=1S/C6H14N2S/c7-5-6-3-1-2-4-8(6)9/h6,8H,1-5,7H2/t6-/m1/s1. The lowest BCUT2D eigenvalue weighted by atomic mass is 10.1. The summed E-state index contributed by atoms with van der Waals surface area (Å²) in [4.78, 5) is 0. The highest BCUT2D eigenvalue weighted by Crippen LogP contribution is 2.00. The van der Waals surface area contributed by atoms with Gasteiger partial charge >= 0.3 is 0 Å². The highest BCUT2D eigenvalue weighted by Gasteiger charge is 2.15. The number of nitrogens with one attached hydrogen (secondary N) is 1. The minimum absolute atomic E-state index is 0.564. The zero-order chi connectivity index (χ0) is 6.69. The van der Waals surface area contributed by atoms with Gasteiger partial charge in [-0.3, -0.25) is 0 Å². The van der Waals surface area contributed by atoms with Crippen molar-refractivity contribution >= 4 is 12.8 Å². The summed E-state index contributed by atoms with van der Waals surface area (Å²) in [5.41, 5.74) is 5.51. The molecule has 0 aliphatic carbocycles. The van der Waals surface area contributed by atoms with E-state index in [1.165, 1.54) is 23.6 Å². The molecule has 2 nitrogen and oxygen atoms in total. The van der Waals surface area contributed by atoms with Crippen LogP contribution in [-0.2, 0) is 12.8 Å². The molecule has 0 spiro atoms. The molecule has 54 valence electrons. The van der Waals surface area contributed by atoms with Crippen molar-refractivity contribution in [3.63, 3.8) is 0 Å². The molecule has 1 aliphatic heterocycles. The quantitative estimate of drug-likeness (QED) is 0.457. The minimum atomic E-state index is 0.564. The van der Waals surface area contributed by atoms with E-state index in [0.29, 0.717) is 6.04 Å². The molecule has 1 unspecified atom stereocenters. The largest absolute Gasteiger partial charge is 0.496 e. The van der Waals surface area contributed by atoms with Gasteiger partial charge in [0.05, 0.1) is 12.6 Å². The first-order valence-electron chi connectivity index (χ1n) is 3.57. The van der Waals surface area contributed by atoms with E-state index in [-0.39, 0.29) is 0 Å². The molecule has 1 fully saturated rings. The molecule has 2 atom stereocenters. The Labute approximate surface area is 61.9 Å². The van der Waals surface area contributed by atoms with Crippen LogP contribution < -0.4 is 10.0 Å². The van der Waals surface area contributed by atoms with Crippen molar-refractivity contribution < 1.29 is 4.31 Å². The van der Waals surface area contributed by atoms with Gasteiger partial charge in [-0.05, 0) is 19.3 Å². The minimum Gasteiger partial charge on any atom is -0.496 e. The van der Waals surface area contributed by atoms with Crippen LogP contribution in [0, 0.1) is 0 Å². The van der Waals surface area contributed by atoms with Gasteiger partial charge in [0.2, 0.25) is 0 Å². The number of nitrogens with two attached hydrogens (primary N) is 1. The number of quaternary nitrogens is 1. The first kappa shape index (κ1) is 7.38. The van der Waals surface area contributed by atoms with E-state index in [2.05, 4.69) is 0 Å². The molecule has 1 aliphatic rings. The van der Waals surface area contributed by atoms with Crippen LogP contribution >= 0.6 is 0 Å². The molecule has 0 aromatic heterocycles. The van der Waals surface area contributed by atoms with Gasteiger partial charge in [0.1, 0.15) is 0 Å². The van der Waals surface area contributed by atoms with Crippen molar-refractivity contribution in [3.8, 4) is 0 Å². The summed E-state index contributed by atoms with van der Waals surface area (Å²) in [5, 5.41) is 0. The van der Waals surface area contributed by atoms with E-state index in [9.17, 15) is 0 Å². The van der Waals surface area contributed by atoms with Crippen LogP contribution in [0.25, 0.3) is 0 Å². The van der Waals surface area contributed by atoms with E-state index in [0.717, 1.165) is 13.1 Å². The summed E-state index contributed by atoms with van der Waals surface area (Å²) in [6.07, 6.45) is 3.84. The third kappa shape index (κ3) is 1.85. The fraction of sp³-hybridized carbons (Fsp3) is 1.00. The Hall–Kier alpha value is 0.270. The van der Waals surface area contributed by atoms with Gasteiger partial charge in [-0.1, -0.05) is 0 Å². The molecule has 0 saturated carbocycles. The lowest BCUT2D eigenvalue weighted by Gasteiger charge is -2.35. The molecule has 0 aromatic carbocycles. The van der Waals surface area contributed by atoms with E-state index in [1.54, 1.807) is 0 Å². The average molecular weight is 146 g/mol. The maximum atomic E-state index is 5.51. The summed E-state index contributed by atoms with van der Waals surface area (Å²) in [6, 6.07) is 0.564. The highest BCUT2D eigenvalue weighted by atomic mass is 32.1. The zero-order valence-corrected chi connectivity index (χ0v) is 6.41. The van der Waals surface area contributed by atoms with Crippen molar-refractivity contribution in [1.82, 2.24) is 0 Å². The van der Waals surface area contributed by atoms with E-state index in [4.69, 9.17) is 18.5 Å². The van der Waals surface area contributed by atoms with Crippen LogP contribution in [0.5, 0.6) is 0 Å². The van der Waals surface area contributed by atoms with Crippen LogP contribution in [-0.4, -0.2) is 19.1 Å². The fourth-order valence-corrected chi connectivity index (χ4v) is 1.66. The molecule has 1 heterocycles. The first-order valence-corrected chi connectivity index (χ1v) is 3.98. The maximum absolute atomic E-state index is 5.51. The van der Waals surface area contributed by atoms with Gasteiger partial charge in [-0.25, -0.2) is 0 Å². The third-order valence-corrected chi connectivity index (χ3v) is 2.50. The SMILES string of the molecule is NC[C@H]1CCCC[NH+]1[S-]. The van der Waals surface area contributed by atoms with E-state index < -0.39 is 0 Å². The van der Waals surface area contributed by atoms with Crippen molar-refractivity contribution in [2.45, 2.75) is 25.3 Å². The Kier molecular flexibility index (Phi) is 2.82. The monoisotopic (exact) mass is 146 g/mol. The van der Waals surface area contributed by atoms with Gasteiger partial charge in [0, 0.05) is 6.54 Å². The fourth-order valence-electron chi connectivity index (χ4n) is 1.30. The van der Waals surface area contributed by atoms with Crippen molar-refractivity contribution in [2.24, 2.45) is 5.73 Å². The molecule has 9 heavy (non-hydrogen) atoms. The van der Waals surface area contributed by atoms with E-state index >= 15 is 0 Å². The second-order valence-corrected chi connectivity index (χ2v) is 3.17. The van der Waals surface area contributed by atoms with E-state index in [1.807, 2.05) is 0 Å². The molecule has 1 saturated heterocycles. The van der Waals surface area contributed by atoms with Crippen molar-refractivity contribution in [2.75, 3.05) is 13.1 Å². The van der Waals surface area contributed by atoms with Gasteiger partial charge < -0.3 is 22.9 Å². The number of piperidine rings is 1. The van der Waals surface area contributed by atoms with Crippen LogP contribution in [0.2, 0.25) is 0 Å². The Bertz CT molecular complexity index is 87.1. The number of hydrogen-bond acceptors (Lipinski definition) is 2. The topological polar surface area (TPSA) is 30.5 Å². The molecule has 1 rings (SSSR count). The zero-order valence-electron chi connectivity index (χ0n) is 5.60. The number of hydrogen-bond donors (Lipinski definition) is 2. The lowest BCUT2D eigenvalue weighted by molar-refractivity contribution is -0.790. The molecular weight excluding hydrogens is 132 g/mol. The Balaban J connectivity index is 2.30. The maximum Gasteiger partial charge on any atom is 0.0836 e. The molecule has 0 radical (unpaired) electrons. The Morgan fingerprint density at radius 3 is 2.78 bits per heavy atom. The number of rotatable bonds is 1. The molecular formula is C6H14N2S. The van der Waals surface area contributed by atoms with Crippen LogP contribution in [0.1, 0.15) is 19.3 Å². The summed E-state index contributed by atoms with van der Waals surface area (Å²) >= 11 is 5.15. The molecule has 3 N–H and O–H groups in total. The van der Waals surface area contributed by atoms with Crippen LogP contribution in [0.3, 0.4) is 0 Å². The second kappa shape index (κ2) is 3.44. The average Bonchev–Trinajstić information content (AvgIpc) is 1.89. The first-order chi connectivity index (χ1) is 4.34. The predicted octanol–water partition coefficient (Wildman–Crippen LogP) is -1.16. The molecule has 0 bridgehead atoms. The van der Waals surface area contributed by atoms with Gasteiger partial charge in [-0.15, -0.1) is 0 Å². The summed E-state index contributed by atoms with van der Waals surface area (Å²) < 4.78 is 1.21. The smallest absolute Gasteiger partial charge is 0.0836 e. The summed E-state index contributed by atoms with van der Waals surface area (Å²) in [7, 11) is 0. The normalized spacial score (nSPS) is 36.7. The molecule has 3 heteroatoms. The second-order valence-electron chi connectivity index (χ2n) is 2.64. The Morgan fingerprint density at radius 2 is 2.33 bits per heavy atom. The molecule has 0 aromatic rings. The summed E-state index contributed by atoms with van der Waals surface area (Å²) in [6.45, 7) is 1.90. The van der Waals surface area contributed by atoms with Gasteiger partial charge in [0.25, 0.3) is 0 Å². The molecule has 0 amide bonds. The third-order valence-electron chi connectivity index (χ3n) is 1.97. The summed E-state index contributed by atoms with van der Waals surface area (Å²) in [5.74, 6) is 0. The van der Waals surface area contributed by atoms with Gasteiger partial charge in [0.15, 0.2) is 0 Å². The van der Waals surface area contributed by atoms with Crippen molar-refractivity contribution in [3.05, 3.63) is 0 Å². The highest BCUT2D eigenvalue weighted by molar-refractivity contribution is 7.51. The van der Waals surface area contributed by atoms with Crippen LogP contribution in [0.4, 0.5) is 0 Å².